The summed E-state index contributed by atoms with van der Waals surface area (Å²) >= 11 is 0. The normalized spacial score (nSPS) is 19.3. The zero-order valence-corrected chi connectivity index (χ0v) is 16.5. The van der Waals surface area contributed by atoms with Crippen LogP contribution in [-0.4, -0.2) is 31.1 Å². The summed E-state index contributed by atoms with van der Waals surface area (Å²) in [6, 6.07) is 20.3. The van der Waals surface area contributed by atoms with Crippen molar-refractivity contribution in [3.63, 3.8) is 0 Å². The number of ether oxygens (including phenoxy) is 1. The van der Waals surface area contributed by atoms with E-state index in [4.69, 9.17) is 9.15 Å². The highest BCUT2D eigenvalue weighted by Gasteiger charge is 2.29. The maximum absolute atomic E-state index is 5.97. The van der Waals surface area contributed by atoms with Crippen molar-refractivity contribution in [1.82, 2.24) is 15.6 Å². The van der Waals surface area contributed by atoms with E-state index in [1.165, 1.54) is 5.56 Å². The molecule has 2 atom stereocenters. The van der Waals surface area contributed by atoms with Gasteiger partial charge in [-0.3, -0.25) is 4.99 Å². The molecule has 4 rings (SSSR count). The first-order chi connectivity index (χ1) is 14.3. The number of rotatable bonds is 6. The lowest BCUT2D eigenvalue weighted by Crippen LogP contribution is -2.39. The molecule has 0 aliphatic carbocycles. The van der Waals surface area contributed by atoms with Gasteiger partial charge in [-0.1, -0.05) is 48.5 Å². The lowest BCUT2D eigenvalue weighted by atomic mass is 9.95. The van der Waals surface area contributed by atoms with Gasteiger partial charge in [0.2, 0.25) is 5.89 Å². The SMILES string of the molecule is CN=C(NCc1coc(-c2ccccc2)n1)NCC1CCOC1c1ccccc1. The minimum atomic E-state index is 0.130. The molecule has 150 valence electrons. The molecule has 2 unspecified atom stereocenters. The number of aliphatic imine (C=N–C) groups is 1. The number of aromatic nitrogens is 1. The van der Waals surface area contributed by atoms with Crippen LogP contribution in [0.25, 0.3) is 11.5 Å². The lowest BCUT2D eigenvalue weighted by molar-refractivity contribution is 0.0915. The van der Waals surface area contributed by atoms with Crippen LogP contribution in [0, 0.1) is 5.92 Å². The fraction of sp³-hybridized carbons (Fsp3) is 0.304. The summed E-state index contributed by atoms with van der Waals surface area (Å²) in [7, 11) is 1.77. The first-order valence-corrected chi connectivity index (χ1v) is 9.94. The Morgan fingerprint density at radius 1 is 1.07 bits per heavy atom. The van der Waals surface area contributed by atoms with Crippen molar-refractivity contribution in [2.75, 3.05) is 20.2 Å². The van der Waals surface area contributed by atoms with Crippen LogP contribution >= 0.6 is 0 Å². The molecule has 0 saturated carbocycles. The van der Waals surface area contributed by atoms with Crippen LogP contribution in [0.1, 0.15) is 23.8 Å². The third-order valence-electron chi connectivity index (χ3n) is 5.11. The number of guanidine groups is 1. The summed E-state index contributed by atoms with van der Waals surface area (Å²) < 4.78 is 11.6. The maximum Gasteiger partial charge on any atom is 0.226 e. The molecule has 29 heavy (non-hydrogen) atoms. The Morgan fingerprint density at radius 3 is 2.59 bits per heavy atom. The molecule has 1 aromatic heterocycles. The van der Waals surface area contributed by atoms with Gasteiger partial charge in [-0.15, -0.1) is 0 Å². The van der Waals surface area contributed by atoms with E-state index in [0.29, 0.717) is 18.4 Å². The minimum Gasteiger partial charge on any atom is -0.444 e. The summed E-state index contributed by atoms with van der Waals surface area (Å²) in [4.78, 5) is 8.87. The monoisotopic (exact) mass is 390 g/mol. The van der Waals surface area contributed by atoms with Gasteiger partial charge in [0, 0.05) is 31.7 Å². The Bertz CT molecular complexity index is 924. The van der Waals surface area contributed by atoms with E-state index in [0.717, 1.165) is 36.8 Å². The second-order valence-electron chi connectivity index (χ2n) is 7.07. The first-order valence-electron chi connectivity index (χ1n) is 9.94. The summed E-state index contributed by atoms with van der Waals surface area (Å²) in [5, 5.41) is 6.72. The molecule has 1 aliphatic heterocycles. The predicted molar refractivity (Wildman–Crippen MR) is 113 cm³/mol. The lowest BCUT2D eigenvalue weighted by Gasteiger charge is -2.20. The van der Waals surface area contributed by atoms with Gasteiger partial charge in [-0.25, -0.2) is 4.98 Å². The topological polar surface area (TPSA) is 71.7 Å². The molecular weight excluding hydrogens is 364 g/mol. The molecular formula is C23H26N4O2. The van der Waals surface area contributed by atoms with Crippen molar-refractivity contribution < 1.29 is 9.15 Å². The van der Waals surface area contributed by atoms with Gasteiger partial charge >= 0.3 is 0 Å². The average Bonchev–Trinajstić information content (AvgIpc) is 3.45. The van der Waals surface area contributed by atoms with Crippen LogP contribution in [0.2, 0.25) is 0 Å². The summed E-state index contributed by atoms with van der Waals surface area (Å²) in [6.07, 6.45) is 2.84. The Kier molecular flexibility index (Phi) is 6.22. The molecule has 0 radical (unpaired) electrons. The zero-order valence-electron chi connectivity index (χ0n) is 16.5. The highest BCUT2D eigenvalue weighted by Crippen LogP contribution is 2.33. The second-order valence-corrected chi connectivity index (χ2v) is 7.07. The van der Waals surface area contributed by atoms with Crippen LogP contribution in [0.4, 0.5) is 0 Å². The van der Waals surface area contributed by atoms with Crippen molar-refractivity contribution >= 4 is 5.96 Å². The summed E-state index contributed by atoms with van der Waals surface area (Å²) in [5.41, 5.74) is 3.03. The Morgan fingerprint density at radius 2 is 1.83 bits per heavy atom. The minimum absolute atomic E-state index is 0.130. The molecule has 1 fully saturated rings. The van der Waals surface area contributed by atoms with E-state index in [2.05, 4.69) is 44.9 Å². The van der Waals surface area contributed by atoms with Gasteiger partial charge in [0.05, 0.1) is 18.3 Å². The van der Waals surface area contributed by atoms with Gasteiger partial charge < -0.3 is 19.8 Å². The molecule has 2 heterocycles. The fourth-order valence-corrected chi connectivity index (χ4v) is 3.58. The predicted octanol–water partition coefficient (Wildman–Crippen LogP) is 3.78. The van der Waals surface area contributed by atoms with Gasteiger partial charge in [-0.05, 0) is 24.1 Å². The Hall–Kier alpha value is -3.12. The van der Waals surface area contributed by atoms with E-state index in [1.807, 2.05) is 36.4 Å². The molecule has 1 saturated heterocycles. The molecule has 6 nitrogen and oxygen atoms in total. The molecule has 0 spiro atoms. The molecule has 2 N–H and O–H groups in total. The summed E-state index contributed by atoms with van der Waals surface area (Å²) in [6.45, 7) is 2.13. The number of hydrogen-bond donors (Lipinski definition) is 2. The van der Waals surface area contributed by atoms with Gasteiger partial charge in [-0.2, -0.15) is 0 Å². The van der Waals surface area contributed by atoms with E-state index in [1.54, 1.807) is 13.3 Å². The van der Waals surface area contributed by atoms with Gasteiger partial charge in [0.15, 0.2) is 5.96 Å². The molecule has 0 bridgehead atoms. The number of nitrogens with zero attached hydrogens (tertiary/aromatic N) is 2. The van der Waals surface area contributed by atoms with E-state index >= 15 is 0 Å². The molecule has 6 heteroatoms. The third kappa shape index (κ3) is 4.84. The van der Waals surface area contributed by atoms with Crippen molar-refractivity contribution in [1.29, 1.82) is 0 Å². The van der Waals surface area contributed by atoms with Crippen LogP contribution in [0.5, 0.6) is 0 Å². The first kappa shape index (κ1) is 19.2. The average molecular weight is 390 g/mol. The van der Waals surface area contributed by atoms with Crippen LogP contribution < -0.4 is 10.6 Å². The van der Waals surface area contributed by atoms with Crippen LogP contribution in [-0.2, 0) is 11.3 Å². The van der Waals surface area contributed by atoms with Crippen molar-refractivity contribution in [2.45, 2.75) is 19.1 Å². The fourth-order valence-electron chi connectivity index (χ4n) is 3.58. The van der Waals surface area contributed by atoms with Crippen molar-refractivity contribution in [3.05, 3.63) is 78.2 Å². The van der Waals surface area contributed by atoms with Crippen LogP contribution in [0.3, 0.4) is 0 Å². The molecule has 2 aromatic carbocycles. The number of hydrogen-bond acceptors (Lipinski definition) is 4. The Labute approximate surface area is 171 Å². The molecule has 0 amide bonds. The summed E-state index contributed by atoms with van der Waals surface area (Å²) in [5.74, 6) is 1.78. The second kappa shape index (κ2) is 9.39. The van der Waals surface area contributed by atoms with Crippen molar-refractivity contribution in [3.8, 4) is 11.5 Å². The van der Waals surface area contributed by atoms with Gasteiger partial charge in [0.25, 0.3) is 0 Å². The molecule has 1 aliphatic rings. The number of nitrogens with one attached hydrogen (secondary N) is 2. The maximum atomic E-state index is 5.97. The number of benzene rings is 2. The number of oxazole rings is 1. The highest BCUT2D eigenvalue weighted by molar-refractivity contribution is 5.79. The van der Waals surface area contributed by atoms with E-state index < -0.39 is 0 Å². The zero-order chi connectivity index (χ0) is 19.9. The Balaban J connectivity index is 1.30. The highest BCUT2D eigenvalue weighted by atomic mass is 16.5. The van der Waals surface area contributed by atoms with Gasteiger partial charge in [0.1, 0.15) is 6.26 Å². The smallest absolute Gasteiger partial charge is 0.226 e. The standard InChI is InChI=1S/C23H26N4O2/c1-24-23(25-14-19-12-13-28-21(19)17-8-4-2-5-9-17)26-15-20-16-29-22(27-20)18-10-6-3-7-11-18/h2-11,16,19,21H,12-15H2,1H3,(H2,24,25,26). The largest absolute Gasteiger partial charge is 0.444 e. The van der Waals surface area contributed by atoms with Crippen molar-refractivity contribution in [2.24, 2.45) is 10.9 Å². The van der Waals surface area contributed by atoms with Crippen LogP contribution in [0.15, 0.2) is 76.3 Å². The van der Waals surface area contributed by atoms with E-state index in [9.17, 15) is 0 Å². The molecule has 3 aromatic rings. The van der Waals surface area contributed by atoms with E-state index in [-0.39, 0.29) is 6.10 Å². The quantitative estimate of drug-likeness (QED) is 0.495. The third-order valence-corrected chi connectivity index (χ3v) is 5.11.